The molecule has 0 bridgehead atoms. The first-order valence-corrected chi connectivity index (χ1v) is 11.8. The van der Waals surface area contributed by atoms with Crippen LogP contribution in [0.5, 0.6) is 0 Å². The van der Waals surface area contributed by atoms with Crippen LogP contribution < -0.4 is 27.8 Å². The van der Waals surface area contributed by atoms with E-state index < -0.39 is 60.7 Å². The summed E-state index contributed by atoms with van der Waals surface area (Å²) in [5, 5.41) is 38.3. The van der Waals surface area contributed by atoms with E-state index in [0.29, 0.717) is 12.8 Å². The standard InChI is InChI=1S/C21H43N5O7/c1-9(25-3)13-6-5-10(22)19(31-13)32-16-11(23)7-12(24)17(14(16)27)33-20-15(28)18(26-4)21(2,29)8-30-20/h9-20,25-29H,5-8,22-24H2,1-4H3/t9-,10-,11+,12-,13+,14-,15+,16+,17+,18-,19-,20+,21+/m1/s1. The van der Waals surface area contributed by atoms with Gasteiger partial charge in [0.05, 0.1) is 24.8 Å². The van der Waals surface area contributed by atoms with Gasteiger partial charge in [0.1, 0.15) is 30.0 Å². The average Bonchev–Trinajstić information content (AvgIpc) is 2.76. The Morgan fingerprint density at radius 3 is 2.15 bits per heavy atom. The maximum Gasteiger partial charge on any atom is 0.185 e. The number of aliphatic hydroxyl groups is 3. The molecular weight excluding hydrogens is 434 g/mol. The molecular formula is C21H43N5O7. The molecule has 2 saturated heterocycles. The van der Waals surface area contributed by atoms with Crippen molar-refractivity contribution >= 4 is 0 Å². The maximum atomic E-state index is 11.1. The lowest BCUT2D eigenvalue weighted by Crippen LogP contribution is -2.68. The van der Waals surface area contributed by atoms with Gasteiger partial charge >= 0.3 is 0 Å². The van der Waals surface area contributed by atoms with Gasteiger partial charge in [-0.15, -0.1) is 0 Å². The molecule has 0 spiro atoms. The Bertz CT molecular complexity index is 632. The molecule has 3 rings (SSSR count). The molecule has 0 aromatic carbocycles. The van der Waals surface area contributed by atoms with Crippen LogP contribution in [0.3, 0.4) is 0 Å². The van der Waals surface area contributed by atoms with Crippen LogP contribution in [0.1, 0.15) is 33.1 Å². The predicted molar refractivity (Wildman–Crippen MR) is 120 cm³/mol. The highest BCUT2D eigenvalue weighted by Gasteiger charge is 2.50. The summed E-state index contributed by atoms with van der Waals surface area (Å²) in [6.07, 6.45) is -4.22. The van der Waals surface area contributed by atoms with Crippen molar-refractivity contribution in [2.75, 3.05) is 20.7 Å². The lowest BCUT2D eigenvalue weighted by molar-refractivity contribution is -0.307. The molecule has 33 heavy (non-hydrogen) atoms. The monoisotopic (exact) mass is 477 g/mol. The van der Waals surface area contributed by atoms with Gasteiger partial charge in [0.15, 0.2) is 12.6 Å². The van der Waals surface area contributed by atoms with Crippen molar-refractivity contribution in [2.45, 2.75) is 112 Å². The van der Waals surface area contributed by atoms with Gasteiger partial charge in [0.2, 0.25) is 0 Å². The van der Waals surface area contributed by atoms with Crippen LogP contribution in [0.2, 0.25) is 0 Å². The molecule has 0 aromatic rings. The lowest BCUT2D eigenvalue weighted by atomic mass is 9.84. The molecule has 0 amide bonds. The summed E-state index contributed by atoms with van der Waals surface area (Å²) >= 11 is 0. The first-order chi connectivity index (χ1) is 15.5. The second-order valence-corrected chi connectivity index (χ2v) is 9.91. The Kier molecular flexibility index (Phi) is 9.09. The molecule has 2 heterocycles. The van der Waals surface area contributed by atoms with Gasteiger partial charge in [-0.2, -0.15) is 0 Å². The molecule has 11 N–H and O–H groups in total. The number of rotatable bonds is 7. The fraction of sp³-hybridized carbons (Fsp3) is 1.00. The number of nitrogens with two attached hydrogens (primary N) is 3. The maximum absolute atomic E-state index is 11.1. The van der Waals surface area contributed by atoms with Gasteiger partial charge in [-0.1, -0.05) is 0 Å². The average molecular weight is 478 g/mol. The van der Waals surface area contributed by atoms with Gasteiger partial charge in [-0.05, 0) is 47.2 Å². The van der Waals surface area contributed by atoms with E-state index in [1.165, 1.54) is 0 Å². The molecule has 13 atom stereocenters. The number of hydrogen-bond donors (Lipinski definition) is 8. The second-order valence-electron chi connectivity index (χ2n) is 9.91. The fourth-order valence-electron chi connectivity index (χ4n) is 5.04. The van der Waals surface area contributed by atoms with Crippen molar-refractivity contribution in [1.82, 2.24) is 10.6 Å². The van der Waals surface area contributed by atoms with E-state index in [9.17, 15) is 15.3 Å². The second kappa shape index (κ2) is 11.1. The fourth-order valence-corrected chi connectivity index (χ4v) is 5.04. The van der Waals surface area contributed by atoms with E-state index in [4.69, 9.17) is 36.1 Å². The van der Waals surface area contributed by atoms with Crippen LogP contribution in [-0.2, 0) is 18.9 Å². The normalized spacial score (nSPS) is 50.2. The molecule has 3 aliphatic rings. The van der Waals surface area contributed by atoms with Crippen molar-refractivity contribution in [3.63, 3.8) is 0 Å². The highest BCUT2D eigenvalue weighted by molar-refractivity contribution is 5.02. The zero-order chi connectivity index (χ0) is 24.5. The Balaban J connectivity index is 1.68. The predicted octanol–water partition coefficient (Wildman–Crippen LogP) is -3.33. The van der Waals surface area contributed by atoms with Crippen molar-refractivity contribution < 1.29 is 34.3 Å². The Morgan fingerprint density at radius 2 is 1.58 bits per heavy atom. The molecule has 0 unspecified atom stereocenters. The van der Waals surface area contributed by atoms with E-state index in [2.05, 4.69) is 10.6 Å². The number of likely N-dealkylation sites (N-methyl/N-ethyl adjacent to an activating group) is 2. The van der Waals surface area contributed by atoms with Crippen LogP contribution in [-0.4, -0.2) is 115 Å². The van der Waals surface area contributed by atoms with E-state index in [0.717, 1.165) is 6.42 Å². The van der Waals surface area contributed by atoms with Gasteiger partial charge < -0.3 is 62.1 Å². The summed E-state index contributed by atoms with van der Waals surface area (Å²) in [5.41, 5.74) is 17.5. The summed E-state index contributed by atoms with van der Waals surface area (Å²) in [5.74, 6) is 0. The third-order valence-electron chi connectivity index (χ3n) is 7.24. The van der Waals surface area contributed by atoms with Crippen molar-refractivity contribution in [3.8, 4) is 0 Å². The van der Waals surface area contributed by atoms with Gasteiger partial charge in [0, 0.05) is 18.1 Å². The van der Waals surface area contributed by atoms with Crippen LogP contribution in [0.4, 0.5) is 0 Å². The minimum atomic E-state index is -1.29. The van der Waals surface area contributed by atoms with E-state index in [1.54, 1.807) is 14.0 Å². The third kappa shape index (κ3) is 5.85. The summed E-state index contributed by atoms with van der Waals surface area (Å²) in [7, 11) is 3.49. The molecule has 2 aliphatic heterocycles. The molecule has 1 aliphatic carbocycles. The van der Waals surface area contributed by atoms with Crippen molar-refractivity contribution in [2.24, 2.45) is 17.2 Å². The number of hydrogen-bond acceptors (Lipinski definition) is 12. The van der Waals surface area contributed by atoms with Crippen LogP contribution in [0.25, 0.3) is 0 Å². The molecule has 0 aromatic heterocycles. The highest BCUT2D eigenvalue weighted by Crippen LogP contribution is 2.31. The smallest absolute Gasteiger partial charge is 0.185 e. The topological polar surface area (TPSA) is 200 Å². The minimum Gasteiger partial charge on any atom is -0.388 e. The molecule has 12 nitrogen and oxygen atoms in total. The summed E-state index contributed by atoms with van der Waals surface area (Å²) in [4.78, 5) is 0. The quantitative estimate of drug-likeness (QED) is 0.182. The van der Waals surface area contributed by atoms with E-state index in [-0.39, 0.29) is 24.8 Å². The Hall–Kier alpha value is -0.480. The van der Waals surface area contributed by atoms with Crippen LogP contribution in [0, 0.1) is 0 Å². The van der Waals surface area contributed by atoms with Crippen LogP contribution in [0.15, 0.2) is 0 Å². The SMILES string of the molecule is CN[C@@H]1[C@H](O)[C@H](O[C@@H]2[C@H](O)[C@@H](O[C@H]3O[C@H]([C@@H](C)NC)CC[C@H]3N)[C@@H](N)C[C@H]2N)OC[C@]1(C)O. The lowest BCUT2D eigenvalue weighted by Gasteiger charge is -2.48. The number of ether oxygens (including phenoxy) is 4. The molecule has 1 saturated carbocycles. The Labute approximate surface area is 195 Å². The first-order valence-electron chi connectivity index (χ1n) is 11.8. The van der Waals surface area contributed by atoms with Gasteiger partial charge in [-0.3, -0.25) is 0 Å². The molecule has 0 radical (unpaired) electrons. The summed E-state index contributed by atoms with van der Waals surface area (Å²) in [6, 6.07) is -2.11. The van der Waals surface area contributed by atoms with Gasteiger partial charge in [-0.25, -0.2) is 0 Å². The summed E-state index contributed by atoms with van der Waals surface area (Å²) in [6.45, 7) is 3.52. The zero-order valence-corrected chi connectivity index (χ0v) is 20.0. The summed E-state index contributed by atoms with van der Waals surface area (Å²) < 4.78 is 23.7. The molecule has 194 valence electrons. The van der Waals surface area contributed by atoms with Gasteiger partial charge in [0.25, 0.3) is 0 Å². The van der Waals surface area contributed by atoms with Crippen molar-refractivity contribution in [1.29, 1.82) is 0 Å². The first kappa shape index (κ1) is 27.1. The van der Waals surface area contributed by atoms with Crippen molar-refractivity contribution in [3.05, 3.63) is 0 Å². The Morgan fingerprint density at radius 1 is 0.970 bits per heavy atom. The highest BCUT2D eigenvalue weighted by atomic mass is 16.7. The minimum absolute atomic E-state index is 0.0620. The number of aliphatic hydroxyl groups excluding tert-OH is 2. The third-order valence-corrected chi connectivity index (χ3v) is 7.24. The van der Waals surface area contributed by atoms with E-state index >= 15 is 0 Å². The largest absolute Gasteiger partial charge is 0.388 e. The van der Waals surface area contributed by atoms with Crippen LogP contribution >= 0.6 is 0 Å². The zero-order valence-electron chi connectivity index (χ0n) is 20.0. The van der Waals surface area contributed by atoms with E-state index in [1.807, 2.05) is 14.0 Å². The molecule has 12 heteroatoms. The number of nitrogens with one attached hydrogen (secondary N) is 2. The molecule has 3 fully saturated rings.